The Morgan fingerprint density at radius 3 is 2.67 bits per heavy atom. The largest absolute Gasteiger partial charge is 0.463 e. The highest BCUT2D eigenvalue weighted by atomic mass is 16.5. The van der Waals surface area contributed by atoms with E-state index >= 15 is 0 Å². The minimum atomic E-state index is -0.101. The summed E-state index contributed by atoms with van der Waals surface area (Å²) in [6.45, 7) is 9.55. The number of esters is 1. The Balaban J connectivity index is 2.79. The van der Waals surface area contributed by atoms with Gasteiger partial charge in [-0.25, -0.2) is 0 Å². The molecule has 1 rings (SSSR count). The Bertz CT molecular complexity index is 189. The Morgan fingerprint density at radius 2 is 2.25 bits per heavy atom. The van der Waals surface area contributed by atoms with Gasteiger partial charge in [-0.15, -0.1) is 0 Å². The maximum Gasteiger partial charge on any atom is 0.323 e. The van der Waals surface area contributed by atoms with Crippen LogP contribution in [0, 0.1) is 0 Å². The van der Waals surface area contributed by atoms with Gasteiger partial charge in [-0.2, -0.15) is 0 Å². The van der Waals surface area contributed by atoms with Crippen LogP contribution in [0.4, 0.5) is 0 Å². The lowest BCUT2D eigenvalue weighted by atomic mass is 9.99. The number of likely N-dealkylation sites (N-methyl/N-ethyl adjacent to an activating group) is 1. The van der Waals surface area contributed by atoms with Crippen LogP contribution in [-0.2, 0) is 9.53 Å². The van der Waals surface area contributed by atoms with Gasteiger partial charge < -0.3 is 4.74 Å². The van der Waals surface area contributed by atoms with E-state index in [0.29, 0.717) is 6.61 Å². The molecule has 0 aromatic rings. The number of hydrogen-bond acceptors (Lipinski definition) is 3. The molecule has 1 saturated heterocycles. The van der Waals surface area contributed by atoms with Gasteiger partial charge in [-0.3, -0.25) is 9.69 Å². The standard InChI is InChI=1S/C9H17NO2/c1-5-10-7(2)8(11)12-6-9(10,3)4/h7H,5-6H2,1-4H3. The van der Waals surface area contributed by atoms with E-state index in [0.717, 1.165) is 6.54 Å². The average molecular weight is 171 g/mol. The molecule has 3 heteroatoms. The van der Waals surface area contributed by atoms with E-state index in [9.17, 15) is 4.79 Å². The minimum absolute atomic E-state index is 0.0118. The van der Waals surface area contributed by atoms with Crippen LogP contribution >= 0.6 is 0 Å². The summed E-state index contributed by atoms with van der Waals surface area (Å²) in [5.74, 6) is -0.101. The van der Waals surface area contributed by atoms with Crippen molar-refractivity contribution < 1.29 is 9.53 Å². The van der Waals surface area contributed by atoms with Gasteiger partial charge in [0.25, 0.3) is 0 Å². The molecule has 0 spiro atoms. The van der Waals surface area contributed by atoms with Crippen LogP contribution in [0.15, 0.2) is 0 Å². The second-order valence-electron chi connectivity index (χ2n) is 3.88. The number of cyclic esters (lactones) is 1. The number of rotatable bonds is 1. The lowest BCUT2D eigenvalue weighted by Crippen LogP contribution is -2.59. The second kappa shape index (κ2) is 3.05. The quantitative estimate of drug-likeness (QED) is 0.552. The molecule has 0 N–H and O–H groups in total. The summed E-state index contributed by atoms with van der Waals surface area (Å²) in [6, 6.07) is -0.0984. The van der Waals surface area contributed by atoms with E-state index in [1.807, 2.05) is 6.92 Å². The summed E-state index contributed by atoms with van der Waals surface area (Å²) >= 11 is 0. The lowest BCUT2D eigenvalue weighted by Gasteiger charge is -2.44. The fraction of sp³-hybridized carbons (Fsp3) is 0.889. The van der Waals surface area contributed by atoms with Gasteiger partial charge in [0.1, 0.15) is 12.6 Å². The molecule has 1 atom stereocenters. The third kappa shape index (κ3) is 1.46. The van der Waals surface area contributed by atoms with Crippen molar-refractivity contribution in [3.8, 4) is 0 Å². The molecule has 0 saturated carbocycles. The Labute approximate surface area is 73.7 Å². The van der Waals surface area contributed by atoms with Crippen LogP contribution < -0.4 is 0 Å². The first-order chi connectivity index (χ1) is 5.49. The van der Waals surface area contributed by atoms with Crippen molar-refractivity contribution in [2.45, 2.75) is 39.3 Å². The first-order valence-corrected chi connectivity index (χ1v) is 4.42. The summed E-state index contributed by atoms with van der Waals surface area (Å²) in [7, 11) is 0. The number of hydrogen-bond donors (Lipinski definition) is 0. The molecule has 0 aromatic carbocycles. The maximum atomic E-state index is 11.2. The van der Waals surface area contributed by atoms with Crippen LogP contribution in [-0.4, -0.2) is 35.6 Å². The monoisotopic (exact) mass is 171 g/mol. The third-order valence-electron chi connectivity index (χ3n) is 2.49. The third-order valence-corrected chi connectivity index (χ3v) is 2.49. The molecule has 12 heavy (non-hydrogen) atoms. The van der Waals surface area contributed by atoms with Crippen molar-refractivity contribution in [2.24, 2.45) is 0 Å². The summed E-state index contributed by atoms with van der Waals surface area (Å²) < 4.78 is 5.06. The molecular formula is C9H17NO2. The SMILES string of the molecule is CCN1C(C)C(=O)OCC1(C)C. The topological polar surface area (TPSA) is 29.5 Å². The second-order valence-corrected chi connectivity index (χ2v) is 3.88. The summed E-state index contributed by atoms with van der Waals surface area (Å²) in [6.07, 6.45) is 0. The molecule has 1 aliphatic heterocycles. The maximum absolute atomic E-state index is 11.2. The predicted octanol–water partition coefficient (Wildman–Crippen LogP) is 1.03. The molecule has 0 radical (unpaired) electrons. The highest BCUT2D eigenvalue weighted by Gasteiger charge is 2.39. The molecule has 70 valence electrons. The van der Waals surface area contributed by atoms with Gasteiger partial charge in [0, 0.05) is 0 Å². The summed E-state index contributed by atoms with van der Waals surface area (Å²) in [5, 5.41) is 0. The van der Waals surface area contributed by atoms with Gasteiger partial charge in [0.05, 0.1) is 5.54 Å². The fourth-order valence-electron chi connectivity index (χ4n) is 1.80. The molecule has 0 bridgehead atoms. The van der Waals surface area contributed by atoms with Crippen molar-refractivity contribution in [1.29, 1.82) is 0 Å². The molecule has 0 amide bonds. The van der Waals surface area contributed by atoms with E-state index in [1.165, 1.54) is 0 Å². The van der Waals surface area contributed by atoms with Crippen LogP contribution in [0.1, 0.15) is 27.7 Å². The summed E-state index contributed by atoms with van der Waals surface area (Å²) in [4.78, 5) is 13.4. The molecule has 0 aromatic heterocycles. The van der Waals surface area contributed by atoms with E-state index in [2.05, 4.69) is 25.7 Å². The Morgan fingerprint density at radius 1 is 1.67 bits per heavy atom. The molecule has 1 aliphatic rings. The van der Waals surface area contributed by atoms with Crippen LogP contribution in [0.5, 0.6) is 0 Å². The van der Waals surface area contributed by atoms with Crippen molar-refractivity contribution in [3.05, 3.63) is 0 Å². The first-order valence-electron chi connectivity index (χ1n) is 4.42. The molecular weight excluding hydrogens is 154 g/mol. The Kier molecular flexibility index (Phi) is 2.42. The molecule has 0 aliphatic carbocycles. The number of ether oxygens (including phenoxy) is 1. The van der Waals surface area contributed by atoms with Gasteiger partial charge in [-0.05, 0) is 27.3 Å². The predicted molar refractivity (Wildman–Crippen MR) is 46.9 cm³/mol. The number of carbonyl (C=O) groups excluding carboxylic acids is 1. The minimum Gasteiger partial charge on any atom is -0.463 e. The van der Waals surface area contributed by atoms with Gasteiger partial charge >= 0.3 is 5.97 Å². The highest BCUT2D eigenvalue weighted by molar-refractivity contribution is 5.76. The molecule has 1 unspecified atom stereocenters. The van der Waals surface area contributed by atoms with Gasteiger partial charge in [0.15, 0.2) is 0 Å². The smallest absolute Gasteiger partial charge is 0.323 e. The average Bonchev–Trinajstić information content (AvgIpc) is 1.99. The van der Waals surface area contributed by atoms with E-state index in [1.54, 1.807) is 0 Å². The van der Waals surface area contributed by atoms with Crippen molar-refractivity contribution in [2.75, 3.05) is 13.2 Å². The van der Waals surface area contributed by atoms with E-state index in [-0.39, 0.29) is 17.6 Å². The van der Waals surface area contributed by atoms with E-state index in [4.69, 9.17) is 4.74 Å². The van der Waals surface area contributed by atoms with E-state index < -0.39 is 0 Å². The number of carbonyl (C=O) groups is 1. The van der Waals surface area contributed by atoms with Crippen LogP contribution in [0.2, 0.25) is 0 Å². The molecule has 1 heterocycles. The van der Waals surface area contributed by atoms with Gasteiger partial charge in [-0.1, -0.05) is 6.92 Å². The highest BCUT2D eigenvalue weighted by Crippen LogP contribution is 2.23. The zero-order valence-corrected chi connectivity index (χ0v) is 8.26. The van der Waals surface area contributed by atoms with Crippen molar-refractivity contribution in [1.82, 2.24) is 4.90 Å². The number of morpholine rings is 1. The van der Waals surface area contributed by atoms with Gasteiger partial charge in [0.2, 0.25) is 0 Å². The van der Waals surface area contributed by atoms with Crippen molar-refractivity contribution in [3.63, 3.8) is 0 Å². The number of nitrogens with zero attached hydrogens (tertiary/aromatic N) is 1. The van der Waals surface area contributed by atoms with Crippen LogP contribution in [0.25, 0.3) is 0 Å². The normalized spacial score (nSPS) is 30.0. The fourth-order valence-corrected chi connectivity index (χ4v) is 1.80. The molecule has 1 fully saturated rings. The zero-order valence-electron chi connectivity index (χ0n) is 8.26. The molecule has 3 nitrogen and oxygen atoms in total. The first kappa shape index (κ1) is 9.52. The zero-order chi connectivity index (χ0) is 9.35. The lowest BCUT2D eigenvalue weighted by molar-refractivity contribution is -0.167. The van der Waals surface area contributed by atoms with Crippen LogP contribution in [0.3, 0.4) is 0 Å². The van der Waals surface area contributed by atoms with Crippen molar-refractivity contribution >= 4 is 5.97 Å². The summed E-state index contributed by atoms with van der Waals surface area (Å²) in [5.41, 5.74) is -0.0118. The Hall–Kier alpha value is -0.570.